The molecule has 0 aliphatic carbocycles. The second kappa shape index (κ2) is 9.59. The molecule has 1 amide bonds. The second-order valence-corrected chi connectivity index (χ2v) is 8.18. The van der Waals surface area contributed by atoms with E-state index in [-0.39, 0.29) is 5.91 Å². The third-order valence-electron chi connectivity index (χ3n) is 5.22. The Bertz CT molecular complexity index is 1230. The second-order valence-electron chi connectivity index (χ2n) is 7.45. The molecule has 0 saturated heterocycles. The van der Waals surface area contributed by atoms with Gasteiger partial charge in [-0.15, -0.1) is 0 Å². The molecule has 2 aromatic heterocycles. The summed E-state index contributed by atoms with van der Waals surface area (Å²) in [4.78, 5) is 13.2. The molecule has 0 atom stereocenters. The van der Waals surface area contributed by atoms with Gasteiger partial charge in [-0.25, -0.2) is 4.68 Å². The van der Waals surface area contributed by atoms with Gasteiger partial charge >= 0.3 is 0 Å². The molecule has 8 heteroatoms. The molecule has 0 spiro atoms. The number of halogens is 2. The largest absolute Gasteiger partial charge is 0.352 e. The average molecular weight is 468 g/mol. The molecule has 0 unspecified atom stereocenters. The van der Waals surface area contributed by atoms with Crippen molar-refractivity contribution in [3.63, 3.8) is 0 Å². The van der Waals surface area contributed by atoms with E-state index in [0.29, 0.717) is 46.6 Å². The van der Waals surface area contributed by atoms with Gasteiger partial charge in [0.15, 0.2) is 0 Å². The monoisotopic (exact) mass is 467 g/mol. The maximum absolute atomic E-state index is 13.2. The number of aromatic nitrogens is 4. The zero-order chi connectivity index (χ0) is 22.7. The smallest absolute Gasteiger partial charge is 0.255 e. The van der Waals surface area contributed by atoms with Crippen molar-refractivity contribution in [2.75, 3.05) is 6.54 Å². The molecule has 0 bridgehead atoms. The highest BCUT2D eigenvalue weighted by molar-refractivity contribution is 6.41. The number of rotatable bonds is 7. The van der Waals surface area contributed by atoms with Crippen LogP contribution in [-0.4, -0.2) is 32.0 Å². The lowest BCUT2D eigenvalue weighted by molar-refractivity contribution is 0.0952. The predicted molar refractivity (Wildman–Crippen MR) is 128 cm³/mol. The van der Waals surface area contributed by atoms with E-state index < -0.39 is 0 Å². The first kappa shape index (κ1) is 22.1. The molecular weight excluding hydrogens is 445 g/mol. The number of amides is 1. The average Bonchev–Trinajstić information content (AvgIpc) is 3.29. The number of hydrogen-bond acceptors (Lipinski definition) is 3. The minimum absolute atomic E-state index is 0.163. The molecule has 0 fully saturated rings. The van der Waals surface area contributed by atoms with Crippen LogP contribution in [0.4, 0.5) is 0 Å². The summed E-state index contributed by atoms with van der Waals surface area (Å²) in [7, 11) is 0. The minimum atomic E-state index is -0.163. The van der Waals surface area contributed by atoms with Gasteiger partial charge in [0.1, 0.15) is 15.9 Å². The van der Waals surface area contributed by atoms with Crippen LogP contribution in [-0.2, 0) is 6.54 Å². The van der Waals surface area contributed by atoms with E-state index in [1.807, 2.05) is 79.2 Å². The van der Waals surface area contributed by atoms with Crippen molar-refractivity contribution in [2.45, 2.75) is 26.8 Å². The van der Waals surface area contributed by atoms with Crippen molar-refractivity contribution in [1.29, 1.82) is 0 Å². The van der Waals surface area contributed by atoms with E-state index in [9.17, 15) is 4.79 Å². The van der Waals surface area contributed by atoms with Crippen LogP contribution in [0, 0.1) is 13.8 Å². The van der Waals surface area contributed by atoms with Gasteiger partial charge in [0.05, 0.1) is 22.6 Å². The van der Waals surface area contributed by atoms with Gasteiger partial charge in [-0.05, 0) is 32.4 Å². The lowest BCUT2D eigenvalue weighted by Gasteiger charge is -2.08. The van der Waals surface area contributed by atoms with Gasteiger partial charge in [0, 0.05) is 18.7 Å². The lowest BCUT2D eigenvalue weighted by atomic mass is 10.1. The molecule has 164 valence electrons. The highest BCUT2D eigenvalue weighted by Gasteiger charge is 2.23. The first-order valence-electron chi connectivity index (χ1n) is 10.3. The number of nitrogens with one attached hydrogen (secondary N) is 1. The van der Waals surface area contributed by atoms with Crippen LogP contribution >= 0.6 is 23.2 Å². The molecule has 32 heavy (non-hydrogen) atoms. The number of aryl methyl sites for hydroxylation is 2. The van der Waals surface area contributed by atoms with Gasteiger partial charge in [0.2, 0.25) is 0 Å². The van der Waals surface area contributed by atoms with Gasteiger partial charge < -0.3 is 5.32 Å². The summed E-state index contributed by atoms with van der Waals surface area (Å²) in [5.74, 6) is -0.163. The summed E-state index contributed by atoms with van der Waals surface area (Å²) in [6.07, 6.45) is 0.662. The fourth-order valence-electron chi connectivity index (χ4n) is 3.59. The molecule has 6 nitrogen and oxygen atoms in total. The van der Waals surface area contributed by atoms with Crippen LogP contribution in [0.3, 0.4) is 0 Å². The predicted octanol–water partition coefficient (Wildman–Crippen LogP) is 5.48. The number of nitrogens with zero attached hydrogens (tertiary/aromatic N) is 4. The quantitative estimate of drug-likeness (QED) is 0.366. The zero-order valence-electron chi connectivity index (χ0n) is 17.8. The van der Waals surface area contributed by atoms with Crippen molar-refractivity contribution in [1.82, 2.24) is 24.9 Å². The van der Waals surface area contributed by atoms with Crippen LogP contribution in [0.5, 0.6) is 0 Å². The highest BCUT2D eigenvalue weighted by Crippen LogP contribution is 2.27. The summed E-state index contributed by atoms with van der Waals surface area (Å²) >= 11 is 12.3. The molecule has 0 aliphatic rings. The van der Waals surface area contributed by atoms with Crippen LogP contribution in [0.25, 0.3) is 16.9 Å². The number of hydrogen-bond donors (Lipinski definition) is 1. The fourth-order valence-corrected chi connectivity index (χ4v) is 3.99. The van der Waals surface area contributed by atoms with E-state index in [0.717, 1.165) is 16.9 Å². The Morgan fingerprint density at radius 2 is 1.62 bits per heavy atom. The number of carbonyl (C=O) groups is 1. The zero-order valence-corrected chi connectivity index (χ0v) is 19.4. The standard InChI is InChI=1S/C24H23Cl2N5O/c1-16-21(25)23(26)30(28-16)15-9-14-27-24(32)20-17(2)31(19-12-7-4-8-13-19)29-22(20)18-10-5-3-6-11-18/h3-8,10-13H,9,14-15H2,1-2H3,(H,27,32). The Morgan fingerprint density at radius 1 is 0.969 bits per heavy atom. The van der Waals surface area contributed by atoms with E-state index in [1.54, 1.807) is 4.68 Å². The SMILES string of the molecule is Cc1nn(CCCNC(=O)c2c(-c3ccccc3)nn(-c3ccccc3)c2C)c(Cl)c1Cl. The molecule has 0 saturated carbocycles. The summed E-state index contributed by atoms with van der Waals surface area (Å²) in [6.45, 7) is 4.75. The maximum Gasteiger partial charge on any atom is 0.255 e. The lowest BCUT2D eigenvalue weighted by Crippen LogP contribution is -2.26. The molecular formula is C24H23Cl2N5O. The molecule has 2 aromatic carbocycles. The Hall–Kier alpha value is -3.09. The Kier molecular flexibility index (Phi) is 6.63. The first-order chi connectivity index (χ1) is 15.5. The van der Waals surface area contributed by atoms with Crippen LogP contribution in [0.1, 0.15) is 28.2 Å². The number of carbonyl (C=O) groups excluding carboxylic acids is 1. The molecule has 2 heterocycles. The summed E-state index contributed by atoms with van der Waals surface area (Å²) in [6, 6.07) is 19.5. The first-order valence-corrected chi connectivity index (χ1v) is 11.1. The van der Waals surface area contributed by atoms with Crippen LogP contribution in [0.15, 0.2) is 60.7 Å². The van der Waals surface area contributed by atoms with Crippen molar-refractivity contribution in [3.8, 4) is 16.9 Å². The summed E-state index contributed by atoms with van der Waals surface area (Å²) in [5.41, 5.74) is 4.49. The number of para-hydroxylation sites is 1. The third kappa shape index (κ3) is 4.42. The summed E-state index contributed by atoms with van der Waals surface area (Å²) in [5, 5.41) is 13.0. The van der Waals surface area contributed by atoms with E-state index in [4.69, 9.17) is 28.3 Å². The topological polar surface area (TPSA) is 64.7 Å². The van der Waals surface area contributed by atoms with Crippen LogP contribution < -0.4 is 5.32 Å². The minimum Gasteiger partial charge on any atom is -0.352 e. The van der Waals surface area contributed by atoms with Gasteiger partial charge in [-0.2, -0.15) is 10.2 Å². The van der Waals surface area contributed by atoms with Crippen molar-refractivity contribution in [3.05, 3.63) is 87.8 Å². The number of benzene rings is 2. The van der Waals surface area contributed by atoms with E-state index >= 15 is 0 Å². The molecule has 0 aliphatic heterocycles. The maximum atomic E-state index is 13.2. The molecule has 0 radical (unpaired) electrons. The van der Waals surface area contributed by atoms with Crippen molar-refractivity contribution in [2.24, 2.45) is 0 Å². The van der Waals surface area contributed by atoms with Gasteiger partial charge in [0.25, 0.3) is 5.91 Å². The molecule has 4 aromatic rings. The van der Waals surface area contributed by atoms with Crippen LogP contribution in [0.2, 0.25) is 10.2 Å². The molecule has 1 N–H and O–H groups in total. The van der Waals surface area contributed by atoms with Crippen molar-refractivity contribution >= 4 is 29.1 Å². The Labute approximate surface area is 196 Å². The Morgan fingerprint density at radius 3 is 2.25 bits per heavy atom. The summed E-state index contributed by atoms with van der Waals surface area (Å²) < 4.78 is 3.46. The van der Waals surface area contributed by atoms with Gasteiger partial charge in [-0.3, -0.25) is 9.48 Å². The highest BCUT2D eigenvalue weighted by atomic mass is 35.5. The molecule has 4 rings (SSSR count). The van der Waals surface area contributed by atoms with Crippen molar-refractivity contribution < 1.29 is 4.79 Å². The van der Waals surface area contributed by atoms with E-state index in [2.05, 4.69) is 10.4 Å². The fraction of sp³-hybridized carbons (Fsp3) is 0.208. The normalized spacial score (nSPS) is 11.0. The Balaban J connectivity index is 1.55. The van der Waals surface area contributed by atoms with E-state index in [1.165, 1.54) is 0 Å². The van der Waals surface area contributed by atoms with Gasteiger partial charge in [-0.1, -0.05) is 71.7 Å². The third-order valence-corrected chi connectivity index (χ3v) is 6.15.